The SMILES string of the molecule is CCCc1c(O)nc(-c2cccc3cccnc23)[nH]c1=O. The molecule has 0 saturated heterocycles. The molecule has 0 atom stereocenters. The highest BCUT2D eigenvalue weighted by atomic mass is 16.3. The third-order valence-electron chi connectivity index (χ3n) is 3.38. The molecule has 0 amide bonds. The molecular weight excluding hydrogens is 266 g/mol. The van der Waals surface area contributed by atoms with Crippen molar-refractivity contribution >= 4 is 10.9 Å². The van der Waals surface area contributed by atoms with Crippen LogP contribution in [0.25, 0.3) is 22.3 Å². The maximum atomic E-state index is 12.1. The number of benzene rings is 1. The lowest BCUT2D eigenvalue weighted by atomic mass is 10.1. The van der Waals surface area contributed by atoms with Crippen molar-refractivity contribution in [3.8, 4) is 17.3 Å². The summed E-state index contributed by atoms with van der Waals surface area (Å²) in [5.41, 5.74) is 1.47. The first kappa shape index (κ1) is 13.3. The highest BCUT2D eigenvalue weighted by Gasteiger charge is 2.13. The molecule has 3 rings (SSSR count). The van der Waals surface area contributed by atoms with E-state index < -0.39 is 0 Å². The second kappa shape index (κ2) is 5.36. The molecule has 1 aromatic carbocycles. The van der Waals surface area contributed by atoms with Gasteiger partial charge in [0, 0.05) is 17.1 Å². The summed E-state index contributed by atoms with van der Waals surface area (Å²) in [4.78, 5) is 23.3. The number of fused-ring (bicyclic) bond motifs is 1. The predicted molar refractivity (Wildman–Crippen MR) is 81.3 cm³/mol. The Bertz CT molecular complexity index is 850. The minimum Gasteiger partial charge on any atom is -0.493 e. The lowest BCUT2D eigenvalue weighted by Gasteiger charge is -2.07. The summed E-state index contributed by atoms with van der Waals surface area (Å²) >= 11 is 0. The molecule has 2 aromatic heterocycles. The van der Waals surface area contributed by atoms with Gasteiger partial charge in [-0.1, -0.05) is 31.5 Å². The van der Waals surface area contributed by atoms with E-state index in [-0.39, 0.29) is 11.4 Å². The predicted octanol–water partition coefficient (Wildman–Crippen LogP) is 2.64. The molecule has 5 nitrogen and oxygen atoms in total. The molecule has 0 aliphatic carbocycles. The van der Waals surface area contributed by atoms with Crippen LogP contribution in [-0.4, -0.2) is 20.1 Å². The number of hydrogen-bond donors (Lipinski definition) is 2. The summed E-state index contributed by atoms with van der Waals surface area (Å²) in [7, 11) is 0. The van der Waals surface area contributed by atoms with Gasteiger partial charge in [0.05, 0.1) is 11.1 Å². The van der Waals surface area contributed by atoms with Gasteiger partial charge in [-0.05, 0) is 18.6 Å². The zero-order valence-corrected chi connectivity index (χ0v) is 11.6. The number of nitrogens with zero attached hydrogens (tertiary/aromatic N) is 2. The van der Waals surface area contributed by atoms with Crippen molar-refractivity contribution in [3.63, 3.8) is 0 Å². The van der Waals surface area contributed by atoms with Crippen LogP contribution in [0.3, 0.4) is 0 Å². The summed E-state index contributed by atoms with van der Waals surface area (Å²) < 4.78 is 0. The Morgan fingerprint density at radius 1 is 1.24 bits per heavy atom. The van der Waals surface area contributed by atoms with Gasteiger partial charge in [0.25, 0.3) is 5.56 Å². The van der Waals surface area contributed by atoms with Crippen LogP contribution in [0.1, 0.15) is 18.9 Å². The molecule has 0 radical (unpaired) electrons. The average molecular weight is 281 g/mol. The number of para-hydroxylation sites is 1. The fraction of sp³-hybridized carbons (Fsp3) is 0.188. The summed E-state index contributed by atoms with van der Waals surface area (Å²) in [5, 5.41) is 10.9. The van der Waals surface area contributed by atoms with Crippen molar-refractivity contribution in [1.29, 1.82) is 0 Å². The van der Waals surface area contributed by atoms with Gasteiger partial charge >= 0.3 is 0 Å². The fourth-order valence-electron chi connectivity index (χ4n) is 2.38. The second-order valence-corrected chi connectivity index (χ2v) is 4.85. The Kier molecular flexibility index (Phi) is 3.39. The van der Waals surface area contributed by atoms with E-state index in [0.29, 0.717) is 23.4 Å². The Morgan fingerprint density at radius 2 is 2.05 bits per heavy atom. The zero-order valence-electron chi connectivity index (χ0n) is 11.6. The van der Waals surface area contributed by atoms with Crippen LogP contribution in [0.15, 0.2) is 41.3 Å². The minimum absolute atomic E-state index is 0.205. The Labute approximate surface area is 121 Å². The van der Waals surface area contributed by atoms with E-state index in [2.05, 4.69) is 15.0 Å². The molecule has 0 aliphatic rings. The molecule has 21 heavy (non-hydrogen) atoms. The van der Waals surface area contributed by atoms with Gasteiger partial charge in [0.15, 0.2) is 0 Å². The van der Waals surface area contributed by atoms with E-state index in [1.165, 1.54) is 0 Å². The summed E-state index contributed by atoms with van der Waals surface area (Å²) in [6.45, 7) is 1.95. The third kappa shape index (κ3) is 2.38. The van der Waals surface area contributed by atoms with Crippen LogP contribution in [0, 0.1) is 0 Å². The van der Waals surface area contributed by atoms with Crippen molar-refractivity contribution in [1.82, 2.24) is 15.0 Å². The topological polar surface area (TPSA) is 78.9 Å². The number of rotatable bonds is 3. The highest BCUT2D eigenvalue weighted by molar-refractivity contribution is 5.91. The van der Waals surface area contributed by atoms with Crippen molar-refractivity contribution in [2.45, 2.75) is 19.8 Å². The standard InChI is InChI=1S/C16H15N3O2/c1-2-5-12-15(20)18-14(19-16(12)21)11-8-3-6-10-7-4-9-17-13(10)11/h3-4,6-9H,2,5H2,1H3,(H2,18,19,20,21). The van der Waals surface area contributed by atoms with Crippen molar-refractivity contribution in [3.05, 3.63) is 52.4 Å². The lowest BCUT2D eigenvalue weighted by Crippen LogP contribution is -2.15. The first-order valence-corrected chi connectivity index (χ1v) is 6.87. The molecule has 0 spiro atoms. The van der Waals surface area contributed by atoms with Crippen LogP contribution in [0.2, 0.25) is 0 Å². The normalized spacial score (nSPS) is 10.9. The fourth-order valence-corrected chi connectivity index (χ4v) is 2.38. The molecule has 106 valence electrons. The average Bonchev–Trinajstić information content (AvgIpc) is 2.50. The number of hydrogen-bond acceptors (Lipinski definition) is 4. The number of aromatic hydroxyl groups is 1. The van der Waals surface area contributed by atoms with E-state index in [4.69, 9.17) is 0 Å². The number of pyridine rings is 1. The third-order valence-corrected chi connectivity index (χ3v) is 3.38. The van der Waals surface area contributed by atoms with Gasteiger partial charge in [-0.25, -0.2) is 0 Å². The summed E-state index contributed by atoms with van der Waals surface area (Å²) in [6.07, 6.45) is 2.96. The largest absolute Gasteiger partial charge is 0.493 e. The molecular formula is C16H15N3O2. The molecule has 3 aromatic rings. The molecule has 0 unspecified atom stereocenters. The Balaban J connectivity index is 2.22. The molecule has 5 heteroatoms. The number of aromatic amines is 1. The van der Waals surface area contributed by atoms with Gasteiger partial charge in [-0.3, -0.25) is 9.78 Å². The van der Waals surface area contributed by atoms with Gasteiger partial charge in [0.2, 0.25) is 5.88 Å². The van der Waals surface area contributed by atoms with Gasteiger partial charge in [-0.2, -0.15) is 4.98 Å². The highest BCUT2D eigenvalue weighted by Crippen LogP contribution is 2.25. The smallest absolute Gasteiger partial charge is 0.258 e. The monoisotopic (exact) mass is 281 g/mol. The van der Waals surface area contributed by atoms with E-state index in [1.807, 2.05) is 37.3 Å². The van der Waals surface area contributed by atoms with Crippen molar-refractivity contribution in [2.75, 3.05) is 0 Å². The molecule has 2 heterocycles. The molecule has 0 saturated carbocycles. The van der Waals surface area contributed by atoms with E-state index in [9.17, 15) is 9.90 Å². The second-order valence-electron chi connectivity index (χ2n) is 4.85. The van der Waals surface area contributed by atoms with Crippen LogP contribution < -0.4 is 5.56 Å². The van der Waals surface area contributed by atoms with Crippen LogP contribution in [0.4, 0.5) is 0 Å². The maximum Gasteiger partial charge on any atom is 0.258 e. The van der Waals surface area contributed by atoms with Gasteiger partial charge < -0.3 is 10.1 Å². The summed E-state index contributed by atoms with van der Waals surface area (Å²) in [5.74, 6) is 0.130. The van der Waals surface area contributed by atoms with E-state index >= 15 is 0 Å². The maximum absolute atomic E-state index is 12.1. The Morgan fingerprint density at radius 3 is 2.81 bits per heavy atom. The molecule has 2 N–H and O–H groups in total. The number of H-pyrrole nitrogens is 1. The van der Waals surface area contributed by atoms with Crippen molar-refractivity contribution < 1.29 is 5.11 Å². The molecule has 0 fully saturated rings. The summed E-state index contributed by atoms with van der Waals surface area (Å²) in [6, 6.07) is 9.43. The Hall–Kier alpha value is -2.69. The number of aromatic nitrogens is 3. The molecule has 0 bridgehead atoms. The zero-order chi connectivity index (χ0) is 14.8. The van der Waals surface area contributed by atoms with Crippen LogP contribution in [-0.2, 0) is 6.42 Å². The lowest BCUT2D eigenvalue weighted by molar-refractivity contribution is 0.443. The van der Waals surface area contributed by atoms with Crippen LogP contribution >= 0.6 is 0 Å². The minimum atomic E-state index is -0.299. The number of nitrogens with one attached hydrogen (secondary N) is 1. The first-order valence-electron chi connectivity index (χ1n) is 6.87. The van der Waals surface area contributed by atoms with E-state index in [0.717, 1.165) is 17.3 Å². The first-order chi connectivity index (χ1) is 10.2. The van der Waals surface area contributed by atoms with Crippen LogP contribution in [0.5, 0.6) is 5.88 Å². The van der Waals surface area contributed by atoms with Gasteiger partial charge in [-0.15, -0.1) is 0 Å². The quantitative estimate of drug-likeness (QED) is 0.773. The van der Waals surface area contributed by atoms with E-state index in [1.54, 1.807) is 6.20 Å². The molecule has 0 aliphatic heterocycles. The van der Waals surface area contributed by atoms with Gasteiger partial charge in [0.1, 0.15) is 5.82 Å². The van der Waals surface area contributed by atoms with Crippen molar-refractivity contribution in [2.24, 2.45) is 0 Å².